The molecule has 0 aromatic heterocycles. The summed E-state index contributed by atoms with van der Waals surface area (Å²) in [5.41, 5.74) is 0.931. The van der Waals surface area contributed by atoms with E-state index in [1.165, 1.54) is 10.6 Å². The van der Waals surface area contributed by atoms with Gasteiger partial charge in [0.05, 0.1) is 21.7 Å². The number of benzene rings is 2. The van der Waals surface area contributed by atoms with E-state index in [0.29, 0.717) is 54.2 Å². The summed E-state index contributed by atoms with van der Waals surface area (Å²) in [5, 5.41) is 1.49. The highest BCUT2D eigenvalue weighted by molar-refractivity contribution is 7.88. The van der Waals surface area contributed by atoms with Crippen molar-refractivity contribution in [3.05, 3.63) is 68.7 Å². The van der Waals surface area contributed by atoms with E-state index < -0.39 is 15.4 Å². The summed E-state index contributed by atoms with van der Waals surface area (Å²) in [6.45, 7) is 5.40. The minimum absolute atomic E-state index is 0.0292. The highest BCUT2D eigenvalue weighted by Gasteiger charge is 2.38. The van der Waals surface area contributed by atoms with Crippen molar-refractivity contribution in [2.24, 2.45) is 0 Å². The van der Waals surface area contributed by atoms with E-state index in [4.69, 9.17) is 34.8 Å². The lowest BCUT2D eigenvalue weighted by molar-refractivity contribution is -0.136. The molecule has 1 fully saturated rings. The van der Waals surface area contributed by atoms with Gasteiger partial charge in [0.15, 0.2) is 0 Å². The smallest absolute Gasteiger partial charge is 0.233 e. The maximum absolute atomic E-state index is 13.9. The fraction of sp³-hybridized carbons (Fsp3) is 0.480. The number of hydrogen-bond donors (Lipinski definition) is 0. The molecule has 1 aliphatic heterocycles. The van der Waals surface area contributed by atoms with Crippen molar-refractivity contribution in [1.82, 2.24) is 14.1 Å². The second-order valence-electron chi connectivity index (χ2n) is 9.36. The van der Waals surface area contributed by atoms with E-state index in [-0.39, 0.29) is 5.91 Å². The van der Waals surface area contributed by atoms with Gasteiger partial charge in [0.2, 0.25) is 15.9 Å². The summed E-state index contributed by atoms with van der Waals surface area (Å²) in [5.74, 6) is -0.0292. The van der Waals surface area contributed by atoms with Crippen LogP contribution in [0.2, 0.25) is 15.1 Å². The predicted molar refractivity (Wildman–Crippen MR) is 144 cm³/mol. The van der Waals surface area contributed by atoms with Crippen LogP contribution in [0.4, 0.5) is 0 Å². The van der Waals surface area contributed by atoms with Crippen molar-refractivity contribution in [2.45, 2.75) is 31.7 Å². The average molecular weight is 561 g/mol. The van der Waals surface area contributed by atoms with Crippen LogP contribution in [0.3, 0.4) is 0 Å². The first-order chi connectivity index (χ1) is 16.4. The molecule has 2 aromatic carbocycles. The van der Waals surface area contributed by atoms with Crippen LogP contribution in [0.25, 0.3) is 0 Å². The van der Waals surface area contributed by atoms with Crippen LogP contribution in [0, 0.1) is 0 Å². The number of hydrogen-bond acceptors (Lipinski definition) is 4. The highest BCUT2D eigenvalue weighted by atomic mass is 35.5. The van der Waals surface area contributed by atoms with Gasteiger partial charge in [-0.3, -0.25) is 4.79 Å². The van der Waals surface area contributed by atoms with Crippen molar-refractivity contribution in [3.63, 3.8) is 0 Å². The first kappa shape index (κ1) is 28.2. The van der Waals surface area contributed by atoms with E-state index in [1.54, 1.807) is 24.1 Å². The Morgan fingerprint density at radius 3 is 2.31 bits per heavy atom. The number of sulfonamides is 1. The summed E-state index contributed by atoms with van der Waals surface area (Å²) in [7, 11) is -1.42. The van der Waals surface area contributed by atoms with Crippen LogP contribution in [-0.2, 0) is 26.8 Å². The summed E-state index contributed by atoms with van der Waals surface area (Å²) < 4.78 is 25.5. The lowest BCUT2D eigenvalue weighted by atomic mass is 9.77. The van der Waals surface area contributed by atoms with Crippen molar-refractivity contribution < 1.29 is 13.2 Å². The Hall–Kier alpha value is -1.35. The summed E-state index contributed by atoms with van der Waals surface area (Å²) in [6, 6.07) is 12.8. The van der Waals surface area contributed by atoms with Gasteiger partial charge in [-0.1, -0.05) is 53.0 Å². The molecule has 6 nitrogen and oxygen atoms in total. The van der Waals surface area contributed by atoms with Gasteiger partial charge in [-0.25, -0.2) is 12.7 Å². The standard InChI is InChI=1S/C25H32Cl3N3O3S/c1-25(20-7-10-22(27)23(28)17-20,24(32)29(2)18-19-5-8-21(26)9-6-19)11-14-30-12-4-13-31(16-15-30)35(3,33)34/h5-10,17H,4,11-16,18H2,1-3H3. The topological polar surface area (TPSA) is 60.9 Å². The first-order valence-corrected chi connectivity index (χ1v) is 14.5. The van der Waals surface area contributed by atoms with Gasteiger partial charge < -0.3 is 9.80 Å². The van der Waals surface area contributed by atoms with Crippen molar-refractivity contribution in [1.29, 1.82) is 0 Å². The summed E-state index contributed by atoms with van der Waals surface area (Å²) in [4.78, 5) is 17.8. The lowest BCUT2D eigenvalue weighted by Gasteiger charge is -2.35. The maximum Gasteiger partial charge on any atom is 0.233 e. The zero-order valence-electron chi connectivity index (χ0n) is 20.3. The fourth-order valence-corrected chi connectivity index (χ4v) is 5.75. The maximum atomic E-state index is 13.9. The molecule has 1 unspecified atom stereocenters. The van der Waals surface area contributed by atoms with Gasteiger partial charge in [-0.2, -0.15) is 0 Å². The zero-order chi connectivity index (χ0) is 25.8. The molecular weight excluding hydrogens is 529 g/mol. The molecular formula is C25H32Cl3N3O3S. The molecule has 0 saturated carbocycles. The van der Waals surface area contributed by atoms with Gasteiger partial charge >= 0.3 is 0 Å². The van der Waals surface area contributed by atoms with Gasteiger partial charge in [0.25, 0.3) is 0 Å². The fourth-order valence-electron chi connectivity index (χ4n) is 4.46. The molecule has 0 bridgehead atoms. The van der Waals surface area contributed by atoms with Crippen LogP contribution in [0.15, 0.2) is 42.5 Å². The Bertz CT molecular complexity index is 1140. The van der Waals surface area contributed by atoms with Gasteiger partial charge in [-0.05, 0) is 68.2 Å². The van der Waals surface area contributed by atoms with E-state index in [9.17, 15) is 13.2 Å². The minimum Gasteiger partial charge on any atom is -0.341 e. The van der Waals surface area contributed by atoms with E-state index in [0.717, 1.165) is 24.1 Å². The number of halogens is 3. The normalized spacial score (nSPS) is 17.5. The molecule has 1 amide bonds. The average Bonchev–Trinajstić information content (AvgIpc) is 3.06. The Balaban J connectivity index is 1.80. The first-order valence-electron chi connectivity index (χ1n) is 11.5. The van der Waals surface area contributed by atoms with Gasteiger partial charge in [0, 0.05) is 38.2 Å². The van der Waals surface area contributed by atoms with Crippen LogP contribution in [-0.4, -0.2) is 74.5 Å². The highest BCUT2D eigenvalue weighted by Crippen LogP contribution is 2.35. The third-order valence-corrected chi connectivity index (χ3v) is 8.95. The number of likely N-dealkylation sites (N-methyl/N-ethyl adjacent to an activating group) is 1. The number of rotatable bonds is 8. The van der Waals surface area contributed by atoms with E-state index in [1.807, 2.05) is 37.3 Å². The molecule has 1 heterocycles. The molecule has 0 radical (unpaired) electrons. The Morgan fingerprint density at radius 1 is 1.00 bits per heavy atom. The SMILES string of the molecule is CN(Cc1ccc(Cl)cc1)C(=O)C(C)(CCN1CCCN(S(C)(=O)=O)CC1)c1ccc(Cl)c(Cl)c1. The Kier molecular flexibility index (Phi) is 9.51. The van der Waals surface area contributed by atoms with Crippen LogP contribution >= 0.6 is 34.8 Å². The van der Waals surface area contributed by atoms with Crippen LogP contribution < -0.4 is 0 Å². The third-order valence-electron chi connectivity index (χ3n) is 6.65. The molecule has 0 spiro atoms. The Labute approximate surface area is 223 Å². The summed E-state index contributed by atoms with van der Waals surface area (Å²) in [6.07, 6.45) is 2.55. The number of carbonyl (C=O) groups is 1. The third kappa shape index (κ3) is 7.34. The largest absolute Gasteiger partial charge is 0.341 e. The Morgan fingerprint density at radius 2 is 1.69 bits per heavy atom. The lowest BCUT2D eigenvalue weighted by Crippen LogP contribution is -2.45. The van der Waals surface area contributed by atoms with Crippen molar-refractivity contribution in [3.8, 4) is 0 Å². The molecule has 2 aromatic rings. The number of carbonyl (C=O) groups excluding carboxylic acids is 1. The molecule has 10 heteroatoms. The molecule has 3 rings (SSSR count). The van der Waals surface area contributed by atoms with Gasteiger partial charge in [0.1, 0.15) is 0 Å². The van der Waals surface area contributed by atoms with Crippen LogP contribution in [0.5, 0.6) is 0 Å². The van der Waals surface area contributed by atoms with Crippen molar-refractivity contribution in [2.75, 3.05) is 46.0 Å². The molecule has 0 N–H and O–H groups in total. The molecule has 0 aliphatic carbocycles. The van der Waals surface area contributed by atoms with E-state index in [2.05, 4.69) is 4.90 Å². The molecule has 1 atom stereocenters. The number of nitrogens with zero attached hydrogens (tertiary/aromatic N) is 3. The summed E-state index contributed by atoms with van der Waals surface area (Å²) >= 11 is 18.5. The molecule has 35 heavy (non-hydrogen) atoms. The minimum atomic E-state index is -3.21. The molecule has 1 saturated heterocycles. The van der Waals surface area contributed by atoms with Crippen molar-refractivity contribution >= 4 is 50.7 Å². The predicted octanol–water partition coefficient (Wildman–Crippen LogP) is 4.92. The second kappa shape index (κ2) is 11.8. The molecule has 1 aliphatic rings. The monoisotopic (exact) mass is 559 g/mol. The van der Waals surface area contributed by atoms with E-state index >= 15 is 0 Å². The number of amides is 1. The zero-order valence-corrected chi connectivity index (χ0v) is 23.4. The van der Waals surface area contributed by atoms with Gasteiger partial charge in [-0.15, -0.1) is 0 Å². The molecule has 192 valence electrons. The van der Waals surface area contributed by atoms with Crippen LogP contribution in [0.1, 0.15) is 30.9 Å². The second-order valence-corrected chi connectivity index (χ2v) is 12.6. The quantitative estimate of drug-likeness (QED) is 0.460.